The molecule has 0 aliphatic heterocycles. The number of amides is 1. The smallest absolute Gasteiger partial charge is 0.335 e. The van der Waals surface area contributed by atoms with Gasteiger partial charge >= 0.3 is 5.97 Å². The Hall–Kier alpha value is -3.90. The molecule has 0 bridgehead atoms. The number of hydrogen-bond acceptors (Lipinski definition) is 3. The maximum absolute atomic E-state index is 13.2. The summed E-state index contributed by atoms with van der Waals surface area (Å²) in [6.45, 7) is 0. The second-order valence-electron chi connectivity index (χ2n) is 6.96. The number of para-hydroxylation sites is 1. The summed E-state index contributed by atoms with van der Waals surface area (Å²) in [5.41, 5.74) is 1.66. The maximum Gasteiger partial charge on any atom is 0.335 e. The minimum absolute atomic E-state index is 0.0771. The van der Waals surface area contributed by atoms with Gasteiger partial charge < -0.3 is 14.6 Å². The van der Waals surface area contributed by atoms with Crippen LogP contribution >= 0.6 is 11.6 Å². The average Bonchev–Trinajstić information content (AvgIpc) is 2.79. The lowest BCUT2D eigenvalue weighted by molar-refractivity contribution is 0.0696. The number of pyridine rings is 1. The predicted molar refractivity (Wildman–Crippen MR) is 121 cm³/mol. The van der Waals surface area contributed by atoms with Crippen LogP contribution in [0.15, 0.2) is 83.8 Å². The molecule has 0 fully saturated rings. The van der Waals surface area contributed by atoms with Crippen molar-refractivity contribution in [1.29, 1.82) is 0 Å². The predicted octanol–water partition coefficient (Wildman–Crippen LogP) is 4.62. The van der Waals surface area contributed by atoms with Gasteiger partial charge in [0.05, 0.1) is 11.1 Å². The summed E-state index contributed by atoms with van der Waals surface area (Å²) in [7, 11) is 1.52. The molecular weight excluding hydrogens is 416 g/mol. The molecule has 0 saturated heterocycles. The fourth-order valence-corrected chi connectivity index (χ4v) is 3.55. The summed E-state index contributed by atoms with van der Waals surface area (Å²) < 4.78 is 1.81. The molecule has 3 aromatic carbocycles. The van der Waals surface area contributed by atoms with Gasteiger partial charge in [0, 0.05) is 34.9 Å². The van der Waals surface area contributed by atoms with Crippen LogP contribution in [0, 0.1) is 0 Å². The molecule has 0 saturated carbocycles. The third kappa shape index (κ3) is 3.81. The Morgan fingerprint density at radius 3 is 2.23 bits per heavy atom. The lowest BCUT2D eigenvalue weighted by atomic mass is 10.1. The number of carbonyl (C=O) groups excluding carboxylic acids is 1. The summed E-state index contributed by atoms with van der Waals surface area (Å²) in [5, 5.41) is 9.96. The fraction of sp³-hybridized carbons (Fsp3) is 0.0417. The van der Waals surface area contributed by atoms with Gasteiger partial charge in [-0.3, -0.25) is 9.59 Å². The Morgan fingerprint density at radius 1 is 0.935 bits per heavy atom. The van der Waals surface area contributed by atoms with Crippen LogP contribution in [0.2, 0.25) is 5.02 Å². The van der Waals surface area contributed by atoms with Crippen molar-refractivity contribution in [1.82, 2.24) is 4.57 Å². The molecule has 0 radical (unpaired) electrons. The van der Waals surface area contributed by atoms with E-state index in [2.05, 4.69) is 0 Å². The van der Waals surface area contributed by atoms with E-state index >= 15 is 0 Å². The van der Waals surface area contributed by atoms with Crippen LogP contribution in [0.5, 0.6) is 0 Å². The zero-order valence-electron chi connectivity index (χ0n) is 16.4. The van der Waals surface area contributed by atoms with Gasteiger partial charge in [0.15, 0.2) is 0 Å². The quantitative estimate of drug-likeness (QED) is 0.510. The highest BCUT2D eigenvalue weighted by Crippen LogP contribution is 2.24. The van der Waals surface area contributed by atoms with Gasteiger partial charge in [-0.1, -0.05) is 29.8 Å². The molecule has 0 unspecified atom stereocenters. The molecule has 154 valence electrons. The molecule has 1 N–H and O–H groups in total. The maximum atomic E-state index is 13.2. The topological polar surface area (TPSA) is 79.6 Å². The van der Waals surface area contributed by atoms with Gasteiger partial charge in [-0.2, -0.15) is 0 Å². The number of anilines is 1. The molecule has 0 aliphatic carbocycles. The van der Waals surface area contributed by atoms with Crippen molar-refractivity contribution in [3.05, 3.63) is 105 Å². The standard InChI is InChI=1S/C24H17ClN2O4/c1-26(23(29)15-7-9-16(10-8-15)24(30)31)21-14-27(18-5-3-2-4-6-18)20-13-17(25)11-12-19(20)22(21)28/h2-14H,1H3,(H,30,31). The Bertz CT molecular complexity index is 1360. The molecule has 1 aromatic heterocycles. The lowest BCUT2D eigenvalue weighted by Crippen LogP contribution is -2.31. The molecule has 6 nitrogen and oxygen atoms in total. The molecule has 7 heteroatoms. The highest BCUT2D eigenvalue weighted by Gasteiger charge is 2.20. The summed E-state index contributed by atoms with van der Waals surface area (Å²) in [4.78, 5) is 38.6. The first-order valence-corrected chi connectivity index (χ1v) is 9.76. The van der Waals surface area contributed by atoms with E-state index in [1.54, 1.807) is 24.4 Å². The summed E-state index contributed by atoms with van der Waals surface area (Å²) in [5.74, 6) is -1.51. The summed E-state index contributed by atoms with van der Waals surface area (Å²) in [6, 6.07) is 20.0. The van der Waals surface area contributed by atoms with Gasteiger partial charge in [0.25, 0.3) is 5.91 Å². The van der Waals surface area contributed by atoms with Crippen molar-refractivity contribution in [2.75, 3.05) is 11.9 Å². The van der Waals surface area contributed by atoms with E-state index < -0.39 is 11.9 Å². The summed E-state index contributed by atoms with van der Waals surface area (Å²) in [6.07, 6.45) is 1.61. The summed E-state index contributed by atoms with van der Waals surface area (Å²) >= 11 is 6.18. The van der Waals surface area contributed by atoms with Crippen LogP contribution in [0.4, 0.5) is 5.69 Å². The highest BCUT2D eigenvalue weighted by molar-refractivity contribution is 6.31. The minimum atomic E-state index is -1.08. The number of carboxylic acids is 1. The Balaban J connectivity index is 1.86. The van der Waals surface area contributed by atoms with Crippen LogP contribution in [-0.2, 0) is 0 Å². The van der Waals surface area contributed by atoms with Gasteiger partial charge in [0.2, 0.25) is 5.43 Å². The lowest BCUT2D eigenvalue weighted by Gasteiger charge is -2.20. The number of nitrogens with zero attached hydrogens (tertiary/aromatic N) is 2. The van der Waals surface area contributed by atoms with Gasteiger partial charge in [0.1, 0.15) is 5.69 Å². The number of rotatable bonds is 4. The number of carboxylic acid groups (broad SMARTS) is 1. The number of aromatic carboxylic acids is 1. The Kier molecular flexibility index (Phi) is 5.31. The fourth-order valence-electron chi connectivity index (χ4n) is 3.38. The largest absolute Gasteiger partial charge is 0.478 e. The van der Waals surface area contributed by atoms with Gasteiger partial charge in [-0.05, 0) is 54.6 Å². The minimum Gasteiger partial charge on any atom is -0.478 e. The number of halogens is 1. The number of benzene rings is 3. The molecular formula is C24H17ClN2O4. The van der Waals surface area contributed by atoms with Crippen molar-refractivity contribution in [2.45, 2.75) is 0 Å². The molecule has 1 amide bonds. The Morgan fingerprint density at radius 2 is 1.58 bits per heavy atom. The molecule has 1 heterocycles. The average molecular weight is 433 g/mol. The number of aromatic nitrogens is 1. The zero-order valence-corrected chi connectivity index (χ0v) is 17.2. The molecule has 4 aromatic rings. The van der Waals surface area contributed by atoms with E-state index in [0.29, 0.717) is 15.9 Å². The van der Waals surface area contributed by atoms with E-state index in [-0.39, 0.29) is 22.2 Å². The van der Waals surface area contributed by atoms with Crippen LogP contribution < -0.4 is 10.3 Å². The van der Waals surface area contributed by atoms with Crippen LogP contribution in [0.3, 0.4) is 0 Å². The second-order valence-corrected chi connectivity index (χ2v) is 7.39. The van der Waals surface area contributed by atoms with E-state index in [1.807, 2.05) is 34.9 Å². The number of hydrogen-bond donors (Lipinski definition) is 1. The number of fused-ring (bicyclic) bond motifs is 1. The van der Waals surface area contributed by atoms with E-state index in [9.17, 15) is 14.4 Å². The van der Waals surface area contributed by atoms with E-state index in [1.165, 1.54) is 36.2 Å². The van der Waals surface area contributed by atoms with Crippen LogP contribution in [0.25, 0.3) is 16.6 Å². The van der Waals surface area contributed by atoms with E-state index in [4.69, 9.17) is 16.7 Å². The monoisotopic (exact) mass is 432 g/mol. The molecule has 4 rings (SSSR count). The highest BCUT2D eigenvalue weighted by atomic mass is 35.5. The molecule has 31 heavy (non-hydrogen) atoms. The molecule has 0 atom stereocenters. The first-order valence-electron chi connectivity index (χ1n) is 9.38. The van der Waals surface area contributed by atoms with Gasteiger partial charge in [-0.25, -0.2) is 4.79 Å². The van der Waals surface area contributed by atoms with Gasteiger partial charge in [-0.15, -0.1) is 0 Å². The van der Waals surface area contributed by atoms with E-state index in [0.717, 1.165) is 5.69 Å². The third-order valence-electron chi connectivity index (χ3n) is 5.03. The first-order chi connectivity index (χ1) is 14.9. The van der Waals surface area contributed by atoms with Crippen LogP contribution in [-0.4, -0.2) is 28.6 Å². The van der Waals surface area contributed by atoms with Crippen molar-refractivity contribution in [2.24, 2.45) is 0 Å². The number of carbonyl (C=O) groups is 2. The van der Waals surface area contributed by atoms with Crippen molar-refractivity contribution in [3.8, 4) is 5.69 Å². The Labute approximate surface area is 182 Å². The SMILES string of the molecule is CN(C(=O)c1ccc(C(=O)O)cc1)c1cn(-c2ccccc2)c2cc(Cl)ccc2c1=O. The van der Waals surface area contributed by atoms with Crippen molar-refractivity contribution < 1.29 is 14.7 Å². The molecule has 0 spiro atoms. The zero-order chi connectivity index (χ0) is 22.1. The van der Waals surface area contributed by atoms with Crippen molar-refractivity contribution >= 4 is 40.1 Å². The van der Waals surface area contributed by atoms with Crippen molar-refractivity contribution in [3.63, 3.8) is 0 Å². The first kappa shape index (κ1) is 20.4. The second kappa shape index (κ2) is 8.08. The molecule has 0 aliphatic rings. The third-order valence-corrected chi connectivity index (χ3v) is 5.26. The van der Waals surface area contributed by atoms with Crippen LogP contribution in [0.1, 0.15) is 20.7 Å². The normalized spacial score (nSPS) is 10.8.